The highest BCUT2D eigenvalue weighted by Crippen LogP contribution is 2.11. The molecule has 0 atom stereocenters. The van der Waals surface area contributed by atoms with E-state index in [9.17, 15) is 4.79 Å². The number of nitrogens with zero attached hydrogens (tertiary/aromatic N) is 2. The van der Waals surface area contributed by atoms with Crippen LogP contribution in [0.2, 0.25) is 0 Å². The van der Waals surface area contributed by atoms with Crippen LogP contribution in [0.1, 0.15) is 17.6 Å². The summed E-state index contributed by atoms with van der Waals surface area (Å²) in [6.45, 7) is 3.04. The molecule has 84 valence electrons. The summed E-state index contributed by atoms with van der Waals surface area (Å²) >= 11 is 1.58. The van der Waals surface area contributed by atoms with Gasteiger partial charge in [0.1, 0.15) is 5.01 Å². The minimum atomic E-state index is -0.209. The summed E-state index contributed by atoms with van der Waals surface area (Å²) in [6.07, 6.45) is 0.276. The Kier molecular flexibility index (Phi) is 4.71. The molecule has 0 radical (unpaired) electrons. The van der Waals surface area contributed by atoms with Gasteiger partial charge in [-0.15, -0.1) is 11.3 Å². The van der Waals surface area contributed by atoms with Crippen molar-refractivity contribution in [3.05, 3.63) is 16.1 Å². The molecule has 0 unspecified atom stereocenters. The normalized spacial score (nSPS) is 10.7. The Labute approximate surface area is 93.9 Å². The average molecular weight is 228 g/mol. The lowest BCUT2D eigenvalue weighted by Gasteiger charge is -2.05. The highest BCUT2D eigenvalue weighted by molar-refractivity contribution is 7.09. The van der Waals surface area contributed by atoms with Crippen LogP contribution in [0.25, 0.3) is 0 Å². The first-order valence-electron chi connectivity index (χ1n) is 4.85. The molecule has 1 heterocycles. The predicted octanol–water partition coefficient (Wildman–Crippen LogP) is 1.31. The first kappa shape index (κ1) is 12.1. The third kappa shape index (κ3) is 4.40. The smallest absolute Gasteiger partial charge is 0.311 e. The Balaban J connectivity index is 2.49. The van der Waals surface area contributed by atoms with Crippen molar-refractivity contribution in [3.63, 3.8) is 0 Å². The summed E-state index contributed by atoms with van der Waals surface area (Å²) in [4.78, 5) is 17.6. The van der Waals surface area contributed by atoms with Crippen LogP contribution in [0.3, 0.4) is 0 Å². The van der Waals surface area contributed by atoms with Crippen LogP contribution in [-0.4, -0.2) is 36.6 Å². The SMILES string of the molecule is CCOC(=O)Cc1csc(CN(C)C)n1. The number of carbonyl (C=O) groups is 1. The second-order valence-electron chi connectivity index (χ2n) is 3.45. The van der Waals surface area contributed by atoms with Crippen LogP contribution in [0.5, 0.6) is 0 Å². The number of esters is 1. The molecule has 0 spiro atoms. The highest BCUT2D eigenvalue weighted by Gasteiger charge is 2.08. The number of carbonyl (C=O) groups excluding carboxylic acids is 1. The lowest BCUT2D eigenvalue weighted by Crippen LogP contribution is -2.11. The van der Waals surface area contributed by atoms with Gasteiger partial charge in [-0.05, 0) is 21.0 Å². The zero-order chi connectivity index (χ0) is 11.3. The number of aromatic nitrogens is 1. The molecule has 0 bridgehead atoms. The van der Waals surface area contributed by atoms with Gasteiger partial charge in [-0.25, -0.2) is 4.98 Å². The van der Waals surface area contributed by atoms with E-state index in [0.717, 1.165) is 17.2 Å². The van der Waals surface area contributed by atoms with Crippen LogP contribution >= 0.6 is 11.3 Å². The molecule has 5 heteroatoms. The van der Waals surface area contributed by atoms with Crippen molar-refractivity contribution >= 4 is 17.3 Å². The number of rotatable bonds is 5. The third-order valence-electron chi connectivity index (χ3n) is 1.68. The summed E-state index contributed by atoms with van der Waals surface area (Å²) in [7, 11) is 3.98. The third-order valence-corrected chi connectivity index (χ3v) is 2.56. The molecule has 1 aromatic heterocycles. The van der Waals surface area contributed by atoms with Gasteiger partial charge in [-0.2, -0.15) is 0 Å². The second-order valence-corrected chi connectivity index (χ2v) is 4.39. The van der Waals surface area contributed by atoms with E-state index in [4.69, 9.17) is 4.74 Å². The molecule has 1 aromatic rings. The molecule has 4 nitrogen and oxygen atoms in total. The van der Waals surface area contributed by atoms with Gasteiger partial charge in [0.2, 0.25) is 0 Å². The molecule has 0 aliphatic heterocycles. The fraction of sp³-hybridized carbons (Fsp3) is 0.600. The maximum absolute atomic E-state index is 11.2. The van der Waals surface area contributed by atoms with Gasteiger partial charge >= 0.3 is 5.97 Å². The van der Waals surface area contributed by atoms with Crippen LogP contribution < -0.4 is 0 Å². The molecule has 0 saturated heterocycles. The second kappa shape index (κ2) is 5.82. The van der Waals surface area contributed by atoms with Gasteiger partial charge in [0.15, 0.2) is 0 Å². The van der Waals surface area contributed by atoms with Crippen LogP contribution in [0.4, 0.5) is 0 Å². The van der Waals surface area contributed by atoms with Gasteiger partial charge in [-0.1, -0.05) is 0 Å². The van der Waals surface area contributed by atoms with Gasteiger partial charge in [0.25, 0.3) is 0 Å². The lowest BCUT2D eigenvalue weighted by molar-refractivity contribution is -0.142. The standard InChI is InChI=1S/C10H16N2O2S/c1-4-14-10(13)5-8-7-15-9(11-8)6-12(2)3/h7H,4-6H2,1-3H3. The van der Waals surface area contributed by atoms with E-state index in [1.165, 1.54) is 0 Å². The van der Waals surface area contributed by atoms with E-state index in [1.807, 2.05) is 24.4 Å². The zero-order valence-corrected chi connectivity index (χ0v) is 10.1. The zero-order valence-electron chi connectivity index (χ0n) is 9.32. The Morgan fingerprint density at radius 2 is 2.33 bits per heavy atom. The fourth-order valence-electron chi connectivity index (χ4n) is 1.13. The van der Waals surface area contributed by atoms with Crippen molar-refractivity contribution in [2.24, 2.45) is 0 Å². The van der Waals surface area contributed by atoms with E-state index >= 15 is 0 Å². The van der Waals surface area contributed by atoms with E-state index in [-0.39, 0.29) is 12.4 Å². The minimum absolute atomic E-state index is 0.209. The van der Waals surface area contributed by atoms with Gasteiger partial charge < -0.3 is 9.64 Å². The predicted molar refractivity (Wildman–Crippen MR) is 59.8 cm³/mol. The van der Waals surface area contributed by atoms with Crippen molar-refractivity contribution in [1.29, 1.82) is 0 Å². The number of hydrogen-bond acceptors (Lipinski definition) is 5. The highest BCUT2D eigenvalue weighted by atomic mass is 32.1. The molecule has 0 amide bonds. The maximum Gasteiger partial charge on any atom is 0.311 e. The minimum Gasteiger partial charge on any atom is -0.466 e. The van der Waals surface area contributed by atoms with Crippen molar-refractivity contribution in [2.45, 2.75) is 19.9 Å². The Morgan fingerprint density at radius 3 is 2.93 bits per heavy atom. The molecular weight excluding hydrogens is 212 g/mol. The van der Waals surface area contributed by atoms with E-state index < -0.39 is 0 Å². The number of hydrogen-bond donors (Lipinski definition) is 0. The maximum atomic E-state index is 11.2. The van der Waals surface area contributed by atoms with Gasteiger partial charge in [-0.3, -0.25) is 4.79 Å². The van der Waals surface area contributed by atoms with Crippen molar-refractivity contribution in [1.82, 2.24) is 9.88 Å². The molecule has 0 fully saturated rings. The Morgan fingerprint density at radius 1 is 1.60 bits per heavy atom. The lowest BCUT2D eigenvalue weighted by atomic mass is 10.3. The molecule has 0 aromatic carbocycles. The van der Waals surface area contributed by atoms with Crippen LogP contribution in [-0.2, 0) is 22.5 Å². The van der Waals surface area contributed by atoms with Crippen molar-refractivity contribution in [2.75, 3.05) is 20.7 Å². The average Bonchev–Trinajstić information content (AvgIpc) is 2.51. The van der Waals surface area contributed by atoms with E-state index in [2.05, 4.69) is 4.98 Å². The largest absolute Gasteiger partial charge is 0.466 e. The number of thiazole rings is 1. The monoisotopic (exact) mass is 228 g/mol. The summed E-state index contributed by atoms with van der Waals surface area (Å²) in [6, 6.07) is 0. The number of ether oxygens (including phenoxy) is 1. The Bertz CT molecular complexity index is 323. The summed E-state index contributed by atoms with van der Waals surface area (Å²) in [5, 5.41) is 2.94. The molecule has 15 heavy (non-hydrogen) atoms. The van der Waals surface area contributed by atoms with Crippen molar-refractivity contribution < 1.29 is 9.53 Å². The van der Waals surface area contributed by atoms with Gasteiger partial charge in [0.05, 0.1) is 18.7 Å². The molecule has 1 rings (SSSR count). The first-order chi connectivity index (χ1) is 7.11. The van der Waals surface area contributed by atoms with Crippen LogP contribution in [0, 0.1) is 0 Å². The van der Waals surface area contributed by atoms with Crippen LogP contribution in [0.15, 0.2) is 5.38 Å². The Hall–Kier alpha value is -0.940. The van der Waals surface area contributed by atoms with Crippen molar-refractivity contribution in [3.8, 4) is 0 Å². The molecule has 0 N–H and O–H groups in total. The summed E-state index contributed by atoms with van der Waals surface area (Å²) in [5.74, 6) is -0.209. The molecule has 0 aliphatic carbocycles. The summed E-state index contributed by atoms with van der Waals surface area (Å²) < 4.78 is 4.85. The summed E-state index contributed by atoms with van der Waals surface area (Å²) in [5.41, 5.74) is 0.801. The van der Waals surface area contributed by atoms with E-state index in [1.54, 1.807) is 18.3 Å². The fourth-order valence-corrected chi connectivity index (χ4v) is 2.04. The van der Waals surface area contributed by atoms with E-state index in [0.29, 0.717) is 6.61 Å². The molecule has 0 aliphatic rings. The quantitative estimate of drug-likeness (QED) is 0.713. The molecular formula is C10H16N2O2S. The topological polar surface area (TPSA) is 42.4 Å². The molecule has 0 saturated carbocycles. The van der Waals surface area contributed by atoms with Gasteiger partial charge in [0, 0.05) is 11.9 Å². The first-order valence-corrected chi connectivity index (χ1v) is 5.73.